The van der Waals surface area contributed by atoms with E-state index in [2.05, 4.69) is 4.72 Å². The first kappa shape index (κ1) is 22.0. The summed E-state index contributed by atoms with van der Waals surface area (Å²) in [5.74, 6) is 0. The van der Waals surface area contributed by atoms with E-state index in [1.807, 2.05) is 0 Å². The Morgan fingerprint density at radius 3 is 1.52 bits per heavy atom. The van der Waals surface area contributed by atoms with Crippen LogP contribution in [0.5, 0.6) is 0 Å². The van der Waals surface area contributed by atoms with Crippen LogP contribution in [0.3, 0.4) is 0 Å². The summed E-state index contributed by atoms with van der Waals surface area (Å²) in [6, 6.07) is 5.41. The summed E-state index contributed by atoms with van der Waals surface area (Å²) >= 11 is 35.2. The maximum atomic E-state index is 12.3. The van der Waals surface area contributed by atoms with Crippen molar-refractivity contribution in [3.8, 4) is 0 Å². The third-order valence-electron chi connectivity index (χ3n) is 2.51. The van der Waals surface area contributed by atoms with Gasteiger partial charge in [0, 0.05) is 15.1 Å². The van der Waals surface area contributed by atoms with Crippen molar-refractivity contribution in [1.29, 1.82) is 0 Å². The van der Waals surface area contributed by atoms with Crippen LogP contribution >= 0.6 is 69.6 Å². The van der Waals surface area contributed by atoms with Crippen LogP contribution in [0.15, 0.2) is 29.2 Å². The molecule has 23 heavy (non-hydrogen) atoms. The Labute approximate surface area is 185 Å². The van der Waals surface area contributed by atoms with Crippen molar-refractivity contribution in [3.05, 3.63) is 59.1 Å². The van der Waals surface area contributed by atoms with E-state index >= 15 is 0 Å². The van der Waals surface area contributed by atoms with Gasteiger partial charge in [-0.2, -0.15) is 0 Å². The number of nitrogens with zero attached hydrogens (tertiary/aromatic N) is 1. The number of sulfonamides is 1. The Kier molecular flexibility index (Phi) is 8.16. The average Bonchev–Trinajstić information content (AvgIpc) is 2.48. The zero-order valence-corrected chi connectivity index (χ0v) is 18.6. The predicted octanol–water partition coefficient (Wildman–Crippen LogP) is 4.01. The summed E-state index contributed by atoms with van der Waals surface area (Å²) < 4.78 is 28.1. The molecule has 0 aliphatic carbocycles. The number of hydrogen-bond donors (Lipinski definition) is 0. The van der Waals surface area contributed by atoms with Crippen molar-refractivity contribution in [2.45, 2.75) is 4.90 Å². The molecule has 2 aromatic carbocycles. The third kappa shape index (κ3) is 4.76. The maximum absolute atomic E-state index is 12.3. The average molecular weight is 462 g/mol. The molecule has 0 spiro atoms. The molecule has 0 saturated carbocycles. The Bertz CT molecular complexity index is 813. The van der Waals surface area contributed by atoms with E-state index in [0.717, 1.165) is 0 Å². The second-order valence-corrected chi connectivity index (χ2v) is 7.87. The molecule has 0 fully saturated rings. The minimum atomic E-state index is -4.08. The summed E-state index contributed by atoms with van der Waals surface area (Å²) in [5, 5.41) is -0.392. The van der Waals surface area contributed by atoms with E-state index in [9.17, 15) is 8.42 Å². The second-order valence-electron chi connectivity index (χ2n) is 3.94. The van der Waals surface area contributed by atoms with Gasteiger partial charge in [0.15, 0.2) is 0 Å². The molecule has 11 heteroatoms. The summed E-state index contributed by atoms with van der Waals surface area (Å²) in [5.41, 5.74) is -0.280. The standard InChI is InChI=1S/C12H4Cl6NO2S.Na/c13-5-1-3-6(4-2-5)22(20,21)19-12-10(17)8(15)7(14)9(16)11(12)18;/h1-4H;/q-1;+1. The molecule has 0 aromatic heterocycles. The molecule has 0 amide bonds. The number of rotatable bonds is 3. The Morgan fingerprint density at radius 2 is 1.09 bits per heavy atom. The monoisotopic (exact) mass is 459 g/mol. The van der Waals surface area contributed by atoms with E-state index in [-0.39, 0.29) is 65.3 Å². The minimum Gasteiger partial charge on any atom is -0.570 e. The zero-order chi connectivity index (χ0) is 16.7. The molecular formula is C12H4Cl6NNaO2S. The molecule has 0 heterocycles. The van der Waals surface area contributed by atoms with E-state index in [1.165, 1.54) is 24.3 Å². The zero-order valence-electron chi connectivity index (χ0n) is 11.2. The van der Waals surface area contributed by atoms with E-state index in [4.69, 9.17) is 69.6 Å². The molecule has 0 aliphatic rings. The first-order valence-electron chi connectivity index (χ1n) is 5.40. The fourth-order valence-corrected chi connectivity index (χ4v) is 3.90. The number of hydrogen-bond acceptors (Lipinski definition) is 2. The van der Waals surface area contributed by atoms with Crippen LogP contribution in [-0.2, 0) is 10.0 Å². The molecule has 2 rings (SSSR count). The Balaban J connectivity index is 0.00000264. The largest absolute Gasteiger partial charge is 1.00 e. The summed E-state index contributed by atoms with van der Waals surface area (Å²) in [7, 11) is -4.08. The van der Waals surface area contributed by atoms with Gasteiger partial charge in [-0.25, -0.2) is 8.42 Å². The molecule has 0 N–H and O–H groups in total. The molecule has 118 valence electrons. The van der Waals surface area contributed by atoms with Gasteiger partial charge in [-0.05, 0) is 24.3 Å². The smallest absolute Gasteiger partial charge is 0.570 e. The number of halogens is 6. The minimum absolute atomic E-state index is 0. The van der Waals surface area contributed by atoms with Gasteiger partial charge in [-0.15, -0.1) is 0 Å². The second kappa shape index (κ2) is 8.54. The quantitative estimate of drug-likeness (QED) is 0.394. The summed E-state index contributed by atoms with van der Waals surface area (Å²) in [6.07, 6.45) is 0. The Morgan fingerprint density at radius 1 is 0.696 bits per heavy atom. The molecule has 3 nitrogen and oxygen atoms in total. The van der Waals surface area contributed by atoms with E-state index in [1.54, 1.807) is 0 Å². The molecule has 0 saturated heterocycles. The predicted molar refractivity (Wildman–Crippen MR) is 93.1 cm³/mol. The van der Waals surface area contributed by atoms with Crippen LogP contribution in [0.1, 0.15) is 0 Å². The van der Waals surface area contributed by atoms with Crippen LogP contribution in [0, 0.1) is 0 Å². The Hall–Kier alpha value is 0.930. The van der Waals surface area contributed by atoms with Crippen molar-refractivity contribution < 1.29 is 38.0 Å². The third-order valence-corrected chi connectivity index (χ3v) is 6.31. The molecule has 0 radical (unpaired) electrons. The topological polar surface area (TPSA) is 48.2 Å². The van der Waals surface area contributed by atoms with Crippen LogP contribution in [-0.4, -0.2) is 8.42 Å². The summed E-state index contributed by atoms with van der Waals surface area (Å²) in [6.45, 7) is 0. The van der Waals surface area contributed by atoms with Crippen molar-refractivity contribution in [2.24, 2.45) is 0 Å². The molecule has 0 bridgehead atoms. The molecule has 2 aromatic rings. The summed E-state index contributed by atoms with van der Waals surface area (Å²) in [4.78, 5) is -0.0915. The number of benzene rings is 2. The van der Waals surface area contributed by atoms with Gasteiger partial charge in [0.25, 0.3) is 0 Å². The van der Waals surface area contributed by atoms with Crippen LogP contribution in [0.2, 0.25) is 30.1 Å². The van der Waals surface area contributed by atoms with Gasteiger partial charge in [-0.1, -0.05) is 75.3 Å². The van der Waals surface area contributed by atoms with Crippen LogP contribution in [0.25, 0.3) is 4.72 Å². The van der Waals surface area contributed by atoms with Gasteiger partial charge in [0.05, 0.1) is 20.0 Å². The molecule has 0 atom stereocenters. The van der Waals surface area contributed by atoms with Crippen molar-refractivity contribution in [3.63, 3.8) is 0 Å². The van der Waals surface area contributed by atoms with Crippen LogP contribution in [0.4, 0.5) is 5.69 Å². The normalized spacial score (nSPS) is 11.0. The van der Waals surface area contributed by atoms with Gasteiger partial charge in [0.2, 0.25) is 0 Å². The molecular weight excluding hydrogens is 458 g/mol. The fraction of sp³-hybridized carbons (Fsp3) is 0. The molecule has 0 unspecified atom stereocenters. The molecule has 0 aliphatic heterocycles. The van der Waals surface area contributed by atoms with Crippen molar-refractivity contribution in [1.82, 2.24) is 0 Å². The van der Waals surface area contributed by atoms with Crippen molar-refractivity contribution in [2.75, 3.05) is 0 Å². The van der Waals surface area contributed by atoms with Gasteiger partial charge < -0.3 is 4.72 Å². The van der Waals surface area contributed by atoms with Gasteiger partial charge >= 0.3 is 29.6 Å². The maximum Gasteiger partial charge on any atom is 1.00 e. The SMILES string of the molecule is O=S(=O)([N-]c1c(Cl)c(Cl)c(Cl)c(Cl)c1Cl)c1ccc(Cl)cc1.[Na+]. The van der Waals surface area contributed by atoms with Crippen LogP contribution < -0.4 is 29.6 Å². The van der Waals surface area contributed by atoms with E-state index in [0.29, 0.717) is 5.02 Å². The van der Waals surface area contributed by atoms with Crippen molar-refractivity contribution >= 4 is 85.3 Å². The first-order valence-corrected chi connectivity index (χ1v) is 9.11. The van der Waals surface area contributed by atoms with E-state index < -0.39 is 10.0 Å². The van der Waals surface area contributed by atoms with Gasteiger partial charge in [-0.3, -0.25) is 0 Å². The first-order chi connectivity index (χ1) is 10.1. The van der Waals surface area contributed by atoms with Gasteiger partial charge in [0.1, 0.15) is 10.0 Å². The fourth-order valence-electron chi connectivity index (χ4n) is 1.45.